The van der Waals surface area contributed by atoms with Crippen LogP contribution in [0.4, 0.5) is 0 Å². The third-order valence-corrected chi connectivity index (χ3v) is 2.30. The second-order valence-electron chi connectivity index (χ2n) is 3.37. The van der Waals surface area contributed by atoms with Gasteiger partial charge in [0.25, 0.3) is 0 Å². The lowest BCUT2D eigenvalue weighted by molar-refractivity contribution is -0.136. The maximum atomic E-state index is 10.7. The van der Waals surface area contributed by atoms with Crippen molar-refractivity contribution in [1.82, 2.24) is 5.32 Å². The van der Waals surface area contributed by atoms with Gasteiger partial charge < -0.3 is 10.4 Å². The molecule has 0 saturated carbocycles. The Bertz CT molecular complexity index is 402. The van der Waals surface area contributed by atoms with Crippen LogP contribution in [0.5, 0.6) is 0 Å². The van der Waals surface area contributed by atoms with Crippen molar-refractivity contribution >= 4 is 23.6 Å². The molecule has 16 heavy (non-hydrogen) atoms. The highest BCUT2D eigenvalue weighted by atomic mass is 35.5. The maximum Gasteiger partial charge on any atom is 0.307 e. The van der Waals surface area contributed by atoms with Gasteiger partial charge in [0.15, 0.2) is 0 Å². The van der Waals surface area contributed by atoms with E-state index in [1.807, 2.05) is 19.2 Å². The summed E-state index contributed by atoms with van der Waals surface area (Å²) in [5.41, 5.74) is 1.62. The number of aliphatic carboxylic acids is 1. The Hall–Kier alpha value is -1.32. The van der Waals surface area contributed by atoms with E-state index in [0.29, 0.717) is 5.02 Å². The summed E-state index contributed by atoms with van der Waals surface area (Å²) in [5, 5.41) is 12.3. The van der Waals surface area contributed by atoms with E-state index in [2.05, 4.69) is 5.32 Å². The number of carboxylic acid groups (broad SMARTS) is 1. The molecule has 3 nitrogen and oxygen atoms in total. The quantitative estimate of drug-likeness (QED) is 0.828. The Morgan fingerprint density at radius 2 is 2.31 bits per heavy atom. The Labute approximate surface area is 99.7 Å². The van der Waals surface area contributed by atoms with E-state index in [0.717, 1.165) is 17.7 Å². The topological polar surface area (TPSA) is 49.3 Å². The van der Waals surface area contributed by atoms with E-state index in [-0.39, 0.29) is 6.42 Å². The van der Waals surface area contributed by atoms with Crippen LogP contribution >= 0.6 is 11.6 Å². The summed E-state index contributed by atoms with van der Waals surface area (Å²) in [4.78, 5) is 10.7. The predicted molar refractivity (Wildman–Crippen MR) is 65.8 cm³/mol. The van der Waals surface area contributed by atoms with Crippen molar-refractivity contribution in [2.75, 3.05) is 13.6 Å². The number of benzene rings is 1. The highest BCUT2D eigenvalue weighted by molar-refractivity contribution is 6.30. The van der Waals surface area contributed by atoms with Crippen molar-refractivity contribution in [2.24, 2.45) is 0 Å². The fourth-order valence-corrected chi connectivity index (χ4v) is 1.53. The lowest BCUT2D eigenvalue weighted by atomic mass is 10.0. The first-order chi connectivity index (χ1) is 7.63. The molecule has 0 atom stereocenters. The van der Waals surface area contributed by atoms with E-state index in [4.69, 9.17) is 16.7 Å². The number of carboxylic acids is 1. The second-order valence-corrected chi connectivity index (χ2v) is 3.81. The molecule has 0 amide bonds. The third-order valence-electron chi connectivity index (χ3n) is 2.07. The number of hydrogen-bond acceptors (Lipinski definition) is 2. The van der Waals surface area contributed by atoms with E-state index >= 15 is 0 Å². The van der Waals surface area contributed by atoms with Gasteiger partial charge in [-0.2, -0.15) is 0 Å². The van der Waals surface area contributed by atoms with Crippen LogP contribution in [0.2, 0.25) is 5.02 Å². The van der Waals surface area contributed by atoms with Gasteiger partial charge in [-0.15, -0.1) is 0 Å². The van der Waals surface area contributed by atoms with Crippen LogP contribution < -0.4 is 5.32 Å². The Morgan fingerprint density at radius 3 is 2.94 bits per heavy atom. The van der Waals surface area contributed by atoms with E-state index in [1.54, 1.807) is 18.2 Å². The number of carbonyl (C=O) groups is 1. The summed E-state index contributed by atoms with van der Waals surface area (Å²) < 4.78 is 0. The predicted octanol–water partition coefficient (Wildman–Crippen LogP) is 2.20. The van der Waals surface area contributed by atoms with Gasteiger partial charge in [-0.1, -0.05) is 29.8 Å². The van der Waals surface area contributed by atoms with Crippen LogP contribution in [0.1, 0.15) is 11.1 Å². The van der Waals surface area contributed by atoms with Crippen molar-refractivity contribution in [3.8, 4) is 0 Å². The molecule has 0 bridgehead atoms. The fourth-order valence-electron chi connectivity index (χ4n) is 1.35. The van der Waals surface area contributed by atoms with Crippen molar-refractivity contribution in [2.45, 2.75) is 6.42 Å². The number of hydrogen-bond donors (Lipinski definition) is 2. The summed E-state index contributed by atoms with van der Waals surface area (Å²) in [6.07, 6.45) is 3.81. The van der Waals surface area contributed by atoms with Crippen LogP contribution in [0.25, 0.3) is 6.08 Å². The summed E-state index contributed by atoms with van der Waals surface area (Å²) in [5.74, 6) is -0.842. The fraction of sp³-hybridized carbons (Fsp3) is 0.250. The first-order valence-corrected chi connectivity index (χ1v) is 5.32. The lowest BCUT2D eigenvalue weighted by Gasteiger charge is -2.04. The van der Waals surface area contributed by atoms with Gasteiger partial charge in [0, 0.05) is 11.6 Å². The molecule has 1 aromatic rings. The Morgan fingerprint density at radius 1 is 1.56 bits per heavy atom. The van der Waals surface area contributed by atoms with Gasteiger partial charge in [0.1, 0.15) is 0 Å². The molecule has 86 valence electrons. The minimum atomic E-state index is -0.842. The second kappa shape index (κ2) is 6.30. The first-order valence-electron chi connectivity index (χ1n) is 4.95. The van der Waals surface area contributed by atoms with E-state index in [9.17, 15) is 4.79 Å². The zero-order valence-electron chi connectivity index (χ0n) is 9.03. The van der Waals surface area contributed by atoms with Crippen LogP contribution in [0, 0.1) is 0 Å². The highest BCUT2D eigenvalue weighted by Gasteiger charge is 2.05. The minimum absolute atomic E-state index is 0.0103. The molecule has 0 spiro atoms. The molecule has 0 fully saturated rings. The van der Waals surface area contributed by atoms with Crippen LogP contribution in [0.15, 0.2) is 24.3 Å². The molecule has 0 aliphatic carbocycles. The molecule has 1 aromatic carbocycles. The Kier molecular flexibility index (Phi) is 5.02. The zero-order valence-corrected chi connectivity index (χ0v) is 9.79. The molecule has 0 radical (unpaired) electrons. The average Bonchev–Trinajstić information content (AvgIpc) is 2.22. The number of halogens is 1. The molecule has 1 rings (SSSR count). The number of nitrogens with one attached hydrogen (secondary N) is 1. The van der Waals surface area contributed by atoms with Crippen molar-refractivity contribution < 1.29 is 9.90 Å². The van der Waals surface area contributed by atoms with Gasteiger partial charge in [-0.3, -0.25) is 4.79 Å². The molecular weight excluding hydrogens is 226 g/mol. The molecule has 0 saturated heterocycles. The number of likely N-dealkylation sites (N-methyl/N-ethyl adjacent to an activating group) is 1. The molecule has 0 unspecified atom stereocenters. The zero-order chi connectivity index (χ0) is 12.0. The van der Waals surface area contributed by atoms with E-state index in [1.165, 1.54) is 0 Å². The smallest absolute Gasteiger partial charge is 0.307 e. The molecule has 0 aliphatic heterocycles. The molecule has 0 aromatic heterocycles. The first kappa shape index (κ1) is 12.7. The summed E-state index contributed by atoms with van der Waals surface area (Å²) >= 11 is 5.87. The van der Waals surface area contributed by atoms with Crippen molar-refractivity contribution in [1.29, 1.82) is 0 Å². The molecule has 2 N–H and O–H groups in total. The average molecular weight is 240 g/mol. The third kappa shape index (κ3) is 4.04. The van der Waals surface area contributed by atoms with Gasteiger partial charge in [0.2, 0.25) is 0 Å². The summed E-state index contributed by atoms with van der Waals surface area (Å²) in [6, 6.07) is 5.22. The minimum Gasteiger partial charge on any atom is -0.481 e. The summed E-state index contributed by atoms with van der Waals surface area (Å²) in [7, 11) is 1.85. The van der Waals surface area contributed by atoms with Crippen LogP contribution in [0.3, 0.4) is 0 Å². The van der Waals surface area contributed by atoms with Crippen molar-refractivity contribution in [3.63, 3.8) is 0 Å². The van der Waals surface area contributed by atoms with Gasteiger partial charge in [0.05, 0.1) is 6.42 Å². The SMILES string of the molecule is CNCC=Cc1cc(Cl)ccc1CC(=O)O. The maximum absolute atomic E-state index is 10.7. The normalized spacial score (nSPS) is 10.9. The van der Waals surface area contributed by atoms with Gasteiger partial charge in [-0.05, 0) is 30.3 Å². The van der Waals surface area contributed by atoms with Crippen LogP contribution in [-0.4, -0.2) is 24.7 Å². The van der Waals surface area contributed by atoms with Gasteiger partial charge >= 0.3 is 5.97 Å². The highest BCUT2D eigenvalue weighted by Crippen LogP contribution is 2.18. The summed E-state index contributed by atoms with van der Waals surface area (Å²) in [6.45, 7) is 0.735. The molecular formula is C12H14ClNO2. The monoisotopic (exact) mass is 239 g/mol. The molecule has 4 heteroatoms. The lowest BCUT2D eigenvalue weighted by Crippen LogP contribution is -2.04. The van der Waals surface area contributed by atoms with E-state index < -0.39 is 5.97 Å². The largest absolute Gasteiger partial charge is 0.481 e. The molecule has 0 aliphatic rings. The van der Waals surface area contributed by atoms with Crippen LogP contribution in [-0.2, 0) is 11.2 Å². The standard InChI is InChI=1S/C12H14ClNO2/c1-14-6-2-3-9-7-11(13)5-4-10(9)8-12(15)16/h2-5,7,14H,6,8H2,1H3,(H,15,16). The molecule has 0 heterocycles. The van der Waals surface area contributed by atoms with Crippen molar-refractivity contribution in [3.05, 3.63) is 40.4 Å². The van der Waals surface area contributed by atoms with Gasteiger partial charge in [-0.25, -0.2) is 0 Å². The Balaban J connectivity index is 2.93. The number of rotatable bonds is 5.